The highest BCUT2D eigenvalue weighted by molar-refractivity contribution is 8.26. The molecular weight excluding hydrogens is 450 g/mol. The van der Waals surface area contributed by atoms with Crippen LogP contribution in [0.5, 0.6) is 0 Å². The van der Waals surface area contributed by atoms with Gasteiger partial charge in [-0.1, -0.05) is 11.6 Å². The maximum Gasteiger partial charge on any atom is 0.274 e. The van der Waals surface area contributed by atoms with Crippen LogP contribution in [0.2, 0.25) is 5.02 Å². The molecule has 3 rings (SSSR count). The number of carbonyl (C=O) groups excluding carboxylic acids is 1. The summed E-state index contributed by atoms with van der Waals surface area (Å²) in [5.41, 5.74) is 4.55. The van der Waals surface area contributed by atoms with Crippen LogP contribution in [-0.2, 0) is 5.54 Å². The van der Waals surface area contributed by atoms with Gasteiger partial charge in [0.2, 0.25) is 0 Å². The molecule has 7 nitrogen and oxygen atoms in total. The molecular formula is C20H23ClF2N4O3S. The Labute approximate surface area is 185 Å². The van der Waals surface area contributed by atoms with E-state index in [1.54, 1.807) is 13.0 Å². The Kier molecular flexibility index (Phi) is 6.05. The summed E-state index contributed by atoms with van der Waals surface area (Å²) >= 11 is 5.86. The second-order valence-corrected chi connectivity index (χ2v) is 11.0. The van der Waals surface area contributed by atoms with E-state index in [4.69, 9.17) is 17.3 Å². The molecule has 0 saturated heterocycles. The predicted octanol–water partition coefficient (Wildman–Crippen LogP) is 4.50. The summed E-state index contributed by atoms with van der Waals surface area (Å²) in [6.45, 7) is 3.41. The largest absolute Gasteiger partial charge is 0.386 e. The number of nitrogens with two attached hydrogens (primary N) is 1. The van der Waals surface area contributed by atoms with Crippen molar-refractivity contribution in [3.63, 3.8) is 0 Å². The van der Waals surface area contributed by atoms with E-state index in [1.165, 1.54) is 32.2 Å². The van der Waals surface area contributed by atoms with Gasteiger partial charge in [0, 0.05) is 17.4 Å². The van der Waals surface area contributed by atoms with Crippen molar-refractivity contribution in [3.05, 3.63) is 58.1 Å². The quantitative estimate of drug-likeness (QED) is 0.522. The van der Waals surface area contributed by atoms with Gasteiger partial charge in [-0.25, -0.2) is 13.8 Å². The second-order valence-electron chi connectivity index (χ2n) is 7.95. The lowest BCUT2D eigenvalue weighted by molar-refractivity contribution is 0.102. The Morgan fingerprint density at radius 1 is 1.35 bits per heavy atom. The number of nitrogens with one attached hydrogen (secondary N) is 1. The van der Waals surface area contributed by atoms with Crippen LogP contribution in [0.15, 0.2) is 35.5 Å². The molecule has 0 bridgehead atoms. The summed E-state index contributed by atoms with van der Waals surface area (Å²) in [6.07, 6.45) is 1.32. The van der Waals surface area contributed by atoms with Crippen LogP contribution in [0.4, 0.5) is 14.5 Å². The topological polar surface area (TPSA) is 121 Å². The van der Waals surface area contributed by atoms with Crippen LogP contribution in [0.1, 0.15) is 35.5 Å². The molecule has 1 aromatic heterocycles. The Balaban J connectivity index is 2.02. The Morgan fingerprint density at radius 2 is 2.03 bits per heavy atom. The number of anilines is 1. The van der Waals surface area contributed by atoms with Crippen molar-refractivity contribution in [3.8, 4) is 0 Å². The SMILES string of the molecule is Cc1cc(Cl)cnc1C(=O)Nc1ccc(F)c([C@@]2(CF)CS(O)(O)C(C)(C)C(N)=N2)c1. The first kappa shape index (κ1) is 23.4. The minimum absolute atomic E-state index is 0.117. The fourth-order valence-electron chi connectivity index (χ4n) is 3.28. The Morgan fingerprint density at radius 3 is 2.61 bits per heavy atom. The van der Waals surface area contributed by atoms with Gasteiger partial charge in [0.25, 0.3) is 5.91 Å². The zero-order valence-corrected chi connectivity index (χ0v) is 18.7. The molecule has 11 heteroatoms. The summed E-state index contributed by atoms with van der Waals surface area (Å²) in [7, 11) is -3.46. The van der Waals surface area contributed by atoms with Crippen LogP contribution >= 0.6 is 22.2 Å². The molecule has 0 aliphatic carbocycles. The Bertz CT molecular complexity index is 1080. The van der Waals surface area contributed by atoms with Crippen LogP contribution in [0, 0.1) is 12.7 Å². The van der Waals surface area contributed by atoms with Crippen LogP contribution in [0.25, 0.3) is 0 Å². The van der Waals surface area contributed by atoms with Gasteiger partial charge in [-0.2, -0.15) is 10.6 Å². The third-order valence-electron chi connectivity index (χ3n) is 5.42. The van der Waals surface area contributed by atoms with Crippen molar-refractivity contribution in [2.75, 3.05) is 17.7 Å². The summed E-state index contributed by atoms with van der Waals surface area (Å²) in [5, 5.41) is 2.96. The van der Waals surface area contributed by atoms with E-state index >= 15 is 0 Å². The van der Waals surface area contributed by atoms with Crippen molar-refractivity contribution < 1.29 is 22.7 Å². The molecule has 5 N–H and O–H groups in total. The van der Waals surface area contributed by atoms with Crippen molar-refractivity contribution in [2.45, 2.75) is 31.1 Å². The zero-order valence-electron chi connectivity index (χ0n) is 17.1. The fourth-order valence-corrected chi connectivity index (χ4v) is 5.20. The first-order valence-corrected chi connectivity index (χ1v) is 11.3. The second kappa shape index (κ2) is 8.01. The van der Waals surface area contributed by atoms with Crippen molar-refractivity contribution in [1.29, 1.82) is 0 Å². The molecule has 1 aliphatic rings. The summed E-state index contributed by atoms with van der Waals surface area (Å²) < 4.78 is 49.0. The predicted molar refractivity (Wildman–Crippen MR) is 119 cm³/mol. The number of pyridine rings is 1. The number of amides is 1. The number of aromatic nitrogens is 1. The average Bonchev–Trinajstić information content (AvgIpc) is 2.67. The number of halogens is 3. The number of nitrogens with zero attached hydrogens (tertiary/aromatic N) is 2. The Hall–Kier alpha value is -2.27. The monoisotopic (exact) mass is 472 g/mol. The molecule has 2 aromatic rings. The number of aliphatic imine (C=N–C) groups is 1. The van der Waals surface area contributed by atoms with Gasteiger partial charge < -0.3 is 11.1 Å². The molecule has 168 valence electrons. The normalized spacial score (nSPS) is 23.0. The minimum Gasteiger partial charge on any atom is -0.386 e. The van der Waals surface area contributed by atoms with Crippen molar-refractivity contribution in [1.82, 2.24) is 4.98 Å². The first-order chi connectivity index (χ1) is 14.3. The number of amidine groups is 1. The van der Waals surface area contributed by atoms with E-state index in [9.17, 15) is 22.7 Å². The summed E-state index contributed by atoms with van der Waals surface area (Å²) in [5.74, 6) is -2.12. The third kappa shape index (κ3) is 4.12. The van der Waals surface area contributed by atoms with Gasteiger partial charge in [-0.05, 0) is 50.6 Å². The third-order valence-corrected chi connectivity index (χ3v) is 8.35. The van der Waals surface area contributed by atoms with Crippen LogP contribution in [0.3, 0.4) is 0 Å². The number of rotatable bonds is 4. The van der Waals surface area contributed by atoms with Gasteiger partial charge in [-0.3, -0.25) is 18.9 Å². The number of hydrogen-bond donors (Lipinski definition) is 4. The van der Waals surface area contributed by atoms with Crippen LogP contribution in [-0.4, -0.2) is 43.0 Å². The lowest BCUT2D eigenvalue weighted by Crippen LogP contribution is -2.53. The smallest absolute Gasteiger partial charge is 0.274 e. The number of aryl methyl sites for hydroxylation is 1. The van der Waals surface area contributed by atoms with E-state index in [1.807, 2.05) is 0 Å². The molecule has 2 heterocycles. The van der Waals surface area contributed by atoms with Crippen molar-refractivity contribution in [2.24, 2.45) is 10.7 Å². The lowest BCUT2D eigenvalue weighted by atomic mass is 9.92. The molecule has 0 radical (unpaired) electrons. The van der Waals surface area contributed by atoms with Gasteiger partial charge in [0.05, 0.1) is 10.8 Å². The molecule has 0 unspecified atom stereocenters. The van der Waals surface area contributed by atoms with Gasteiger partial charge in [0.15, 0.2) is 0 Å². The number of hydrogen-bond acceptors (Lipinski definition) is 6. The van der Waals surface area contributed by atoms with Crippen LogP contribution < -0.4 is 11.1 Å². The van der Waals surface area contributed by atoms with E-state index < -0.39 is 45.0 Å². The molecule has 1 aliphatic heterocycles. The number of alkyl halides is 1. The molecule has 1 amide bonds. The summed E-state index contributed by atoms with van der Waals surface area (Å²) in [6, 6.07) is 5.12. The lowest BCUT2D eigenvalue weighted by Gasteiger charge is -2.53. The average molecular weight is 473 g/mol. The van der Waals surface area contributed by atoms with Gasteiger partial charge >= 0.3 is 0 Å². The maximum absolute atomic E-state index is 14.8. The highest BCUT2D eigenvalue weighted by Gasteiger charge is 2.51. The van der Waals surface area contributed by atoms with E-state index in [0.717, 1.165) is 6.07 Å². The minimum atomic E-state index is -3.46. The van der Waals surface area contributed by atoms with E-state index in [0.29, 0.717) is 10.6 Å². The molecule has 0 spiro atoms. The highest BCUT2D eigenvalue weighted by atomic mass is 35.5. The number of carbonyl (C=O) groups is 1. The first-order valence-electron chi connectivity index (χ1n) is 9.24. The van der Waals surface area contributed by atoms with Gasteiger partial charge in [0.1, 0.15) is 34.3 Å². The molecule has 31 heavy (non-hydrogen) atoms. The number of benzene rings is 1. The summed E-state index contributed by atoms with van der Waals surface area (Å²) in [4.78, 5) is 20.8. The molecule has 1 atom stereocenters. The standard InChI is InChI=1S/C20H23ClF2N4O3S/c1-11-6-12(21)8-25-16(11)17(28)26-13-4-5-15(23)14(7-13)20(9-22)10-31(29,30)19(2,3)18(24)27-20/h4-8,29-30H,9-10H2,1-3H3,(H2,24,27)(H,26,28)/t20-/m1/s1. The zero-order chi connectivity index (χ0) is 23.2. The van der Waals surface area contributed by atoms with E-state index in [2.05, 4.69) is 15.3 Å². The highest BCUT2D eigenvalue weighted by Crippen LogP contribution is 2.59. The fraction of sp³-hybridized carbons (Fsp3) is 0.350. The molecule has 1 aromatic carbocycles. The van der Waals surface area contributed by atoms with E-state index in [-0.39, 0.29) is 22.8 Å². The maximum atomic E-state index is 14.8. The van der Waals surface area contributed by atoms with Gasteiger partial charge in [-0.15, -0.1) is 0 Å². The molecule has 0 fully saturated rings. The molecule has 0 saturated carbocycles. The van der Waals surface area contributed by atoms with Crippen molar-refractivity contribution >= 4 is 39.6 Å².